The summed E-state index contributed by atoms with van der Waals surface area (Å²) in [6, 6.07) is 20.3. The van der Waals surface area contributed by atoms with Crippen molar-refractivity contribution >= 4 is 39.6 Å². The smallest absolute Gasteiger partial charge is 0.290 e. The van der Waals surface area contributed by atoms with Crippen molar-refractivity contribution in [1.29, 1.82) is 0 Å². The van der Waals surface area contributed by atoms with Crippen molar-refractivity contribution in [3.05, 3.63) is 83.8 Å². The Morgan fingerprint density at radius 1 is 1.07 bits per heavy atom. The van der Waals surface area contributed by atoms with Crippen LogP contribution in [0, 0.1) is 6.92 Å². The molecule has 0 bridgehead atoms. The van der Waals surface area contributed by atoms with E-state index >= 15 is 0 Å². The zero-order chi connectivity index (χ0) is 20.7. The first-order chi connectivity index (χ1) is 14.7. The van der Waals surface area contributed by atoms with Crippen LogP contribution < -0.4 is 5.43 Å². The van der Waals surface area contributed by atoms with Gasteiger partial charge in [-0.1, -0.05) is 30.3 Å². The lowest BCUT2D eigenvalue weighted by Crippen LogP contribution is -2.20. The molecule has 1 amide bonds. The Bertz CT molecular complexity index is 1440. The third-order valence-corrected chi connectivity index (χ3v) is 5.41. The highest BCUT2D eigenvalue weighted by Crippen LogP contribution is 2.29. The van der Waals surface area contributed by atoms with Crippen molar-refractivity contribution in [2.75, 3.05) is 0 Å². The summed E-state index contributed by atoms with van der Waals surface area (Å²) in [5.74, 6) is -0.286. The maximum atomic E-state index is 12.7. The molecule has 5 aromatic rings. The lowest BCUT2D eigenvalue weighted by Gasteiger charge is -2.03. The number of hydrazone groups is 1. The van der Waals surface area contributed by atoms with Gasteiger partial charge in [0.15, 0.2) is 0 Å². The molecular weight excluding hydrogens is 374 g/mol. The number of rotatable bonds is 4. The Labute approximate surface area is 173 Å². The monoisotopic (exact) mass is 395 g/mol. The van der Waals surface area contributed by atoms with Crippen LogP contribution in [0.4, 0.5) is 0 Å². The van der Waals surface area contributed by atoms with Crippen molar-refractivity contribution in [2.24, 2.45) is 5.10 Å². The number of hydrogen-bond acceptors (Lipinski definition) is 3. The second kappa shape index (κ2) is 7.15. The molecule has 5 rings (SSSR count). The molecule has 0 aliphatic heterocycles. The molecule has 0 aliphatic carbocycles. The molecule has 3 heterocycles. The maximum Gasteiger partial charge on any atom is 0.290 e. The number of pyridine rings is 1. The van der Waals surface area contributed by atoms with E-state index in [4.69, 9.17) is 0 Å². The summed E-state index contributed by atoms with van der Waals surface area (Å²) in [7, 11) is 0. The first-order valence-electron chi connectivity index (χ1n) is 9.95. The average molecular weight is 395 g/mol. The van der Waals surface area contributed by atoms with Gasteiger partial charge >= 0.3 is 0 Å². The molecule has 6 heteroatoms. The average Bonchev–Trinajstić information content (AvgIpc) is 3.27. The van der Waals surface area contributed by atoms with Crippen molar-refractivity contribution in [3.63, 3.8) is 0 Å². The summed E-state index contributed by atoms with van der Waals surface area (Å²) in [5.41, 5.74) is 7.88. The summed E-state index contributed by atoms with van der Waals surface area (Å²) in [6.07, 6.45) is 3.50. The number of benzene rings is 2. The number of amides is 1. The fraction of sp³-hybridized carbons (Fsp3) is 0.125. The predicted octanol–water partition coefficient (Wildman–Crippen LogP) is 4.53. The standard InChI is InChI=1S/C24H21N5O/c1-3-28-20-9-5-4-8-18(20)19-14-17(11-12-21(19)28)15-25-27-24(30)23-16(2)26-22-10-6-7-13-29(22)23/h4-15H,3H2,1-2H3,(H,27,30)/b25-15-. The van der Waals surface area contributed by atoms with Gasteiger partial charge in [0.2, 0.25) is 0 Å². The number of nitrogens with one attached hydrogen (secondary N) is 1. The molecule has 0 spiro atoms. The van der Waals surface area contributed by atoms with Gasteiger partial charge in [-0.3, -0.25) is 9.20 Å². The van der Waals surface area contributed by atoms with Gasteiger partial charge in [-0.15, -0.1) is 0 Å². The van der Waals surface area contributed by atoms with Crippen molar-refractivity contribution in [1.82, 2.24) is 19.4 Å². The highest BCUT2D eigenvalue weighted by Gasteiger charge is 2.15. The van der Waals surface area contributed by atoms with Gasteiger partial charge in [-0.25, -0.2) is 10.4 Å². The minimum absolute atomic E-state index is 0.286. The number of fused-ring (bicyclic) bond motifs is 4. The Balaban J connectivity index is 1.45. The molecule has 0 unspecified atom stereocenters. The van der Waals surface area contributed by atoms with E-state index in [9.17, 15) is 4.79 Å². The summed E-state index contributed by atoms with van der Waals surface area (Å²) in [6.45, 7) is 4.88. The topological polar surface area (TPSA) is 63.7 Å². The molecule has 2 aromatic carbocycles. The van der Waals surface area contributed by atoms with E-state index < -0.39 is 0 Å². The molecule has 0 saturated carbocycles. The fourth-order valence-corrected chi connectivity index (χ4v) is 4.10. The van der Waals surface area contributed by atoms with E-state index in [0.717, 1.165) is 17.8 Å². The van der Waals surface area contributed by atoms with Crippen molar-refractivity contribution in [3.8, 4) is 0 Å². The first-order valence-corrected chi connectivity index (χ1v) is 9.95. The largest absolute Gasteiger partial charge is 0.341 e. The van der Waals surface area contributed by atoms with Crippen LogP contribution in [-0.4, -0.2) is 26.1 Å². The maximum absolute atomic E-state index is 12.7. The van der Waals surface area contributed by atoms with Crippen LogP contribution in [0.2, 0.25) is 0 Å². The third-order valence-electron chi connectivity index (χ3n) is 5.41. The molecule has 0 fully saturated rings. The molecule has 6 nitrogen and oxygen atoms in total. The van der Waals surface area contributed by atoms with Gasteiger partial charge < -0.3 is 4.57 Å². The number of aryl methyl sites for hydroxylation is 2. The molecule has 0 radical (unpaired) electrons. The van der Waals surface area contributed by atoms with Crippen LogP contribution in [0.5, 0.6) is 0 Å². The summed E-state index contributed by atoms with van der Waals surface area (Å²) in [4.78, 5) is 17.1. The van der Waals surface area contributed by atoms with Gasteiger partial charge in [-0.2, -0.15) is 5.10 Å². The number of carbonyl (C=O) groups excluding carboxylic acids is 1. The van der Waals surface area contributed by atoms with Crippen LogP contribution in [0.3, 0.4) is 0 Å². The van der Waals surface area contributed by atoms with E-state index in [2.05, 4.69) is 63.4 Å². The lowest BCUT2D eigenvalue weighted by atomic mass is 10.1. The Kier molecular flexibility index (Phi) is 4.32. The number of hydrogen-bond donors (Lipinski definition) is 1. The van der Waals surface area contributed by atoms with Gasteiger partial charge in [-0.05, 0) is 49.7 Å². The van der Waals surface area contributed by atoms with Crippen molar-refractivity contribution in [2.45, 2.75) is 20.4 Å². The zero-order valence-electron chi connectivity index (χ0n) is 16.8. The number of para-hydroxylation sites is 1. The zero-order valence-corrected chi connectivity index (χ0v) is 16.8. The van der Waals surface area contributed by atoms with Gasteiger partial charge in [0.1, 0.15) is 11.3 Å². The van der Waals surface area contributed by atoms with E-state index in [1.54, 1.807) is 10.6 Å². The van der Waals surface area contributed by atoms with Crippen LogP contribution in [0.1, 0.15) is 28.7 Å². The van der Waals surface area contributed by atoms with Gasteiger partial charge in [0.05, 0.1) is 11.9 Å². The number of nitrogens with zero attached hydrogens (tertiary/aromatic N) is 4. The number of carbonyl (C=O) groups is 1. The van der Waals surface area contributed by atoms with E-state index in [0.29, 0.717) is 11.4 Å². The SMILES string of the molecule is CCn1c2ccccc2c2cc(/C=N\NC(=O)c3c(C)nc4ccccn34)ccc21. The Morgan fingerprint density at radius 3 is 2.73 bits per heavy atom. The molecular formula is C24H21N5O. The summed E-state index contributed by atoms with van der Waals surface area (Å²) >= 11 is 0. The van der Waals surface area contributed by atoms with E-state index in [-0.39, 0.29) is 5.91 Å². The van der Waals surface area contributed by atoms with E-state index in [1.165, 1.54) is 21.8 Å². The Hall–Kier alpha value is -3.93. The fourth-order valence-electron chi connectivity index (χ4n) is 4.10. The summed E-state index contributed by atoms with van der Waals surface area (Å²) in [5, 5.41) is 6.59. The van der Waals surface area contributed by atoms with Crippen LogP contribution in [0.15, 0.2) is 72.0 Å². The molecule has 0 atom stereocenters. The molecule has 1 N–H and O–H groups in total. The highest BCUT2D eigenvalue weighted by atomic mass is 16.2. The van der Waals surface area contributed by atoms with Gasteiger partial charge in [0.25, 0.3) is 5.91 Å². The van der Waals surface area contributed by atoms with E-state index in [1.807, 2.05) is 37.4 Å². The van der Waals surface area contributed by atoms with Crippen LogP contribution >= 0.6 is 0 Å². The molecule has 30 heavy (non-hydrogen) atoms. The highest BCUT2D eigenvalue weighted by molar-refractivity contribution is 6.09. The Morgan fingerprint density at radius 2 is 1.87 bits per heavy atom. The number of imidazole rings is 1. The van der Waals surface area contributed by atoms with Crippen LogP contribution in [-0.2, 0) is 6.54 Å². The first kappa shape index (κ1) is 18.1. The minimum atomic E-state index is -0.286. The quantitative estimate of drug-likeness (QED) is 0.359. The molecule has 3 aromatic heterocycles. The number of aromatic nitrogens is 3. The van der Waals surface area contributed by atoms with Crippen LogP contribution in [0.25, 0.3) is 27.5 Å². The lowest BCUT2D eigenvalue weighted by molar-refractivity contribution is 0.0948. The van der Waals surface area contributed by atoms with Crippen molar-refractivity contribution < 1.29 is 4.79 Å². The molecule has 0 saturated heterocycles. The second-order valence-corrected chi connectivity index (χ2v) is 7.21. The third kappa shape index (κ3) is 2.85. The normalized spacial score (nSPS) is 11.8. The minimum Gasteiger partial charge on any atom is -0.341 e. The molecule has 0 aliphatic rings. The summed E-state index contributed by atoms with van der Waals surface area (Å²) < 4.78 is 4.08. The van der Waals surface area contributed by atoms with Gasteiger partial charge in [0, 0.05) is 34.5 Å². The molecule has 148 valence electrons. The second-order valence-electron chi connectivity index (χ2n) is 7.21. The predicted molar refractivity (Wildman–Crippen MR) is 120 cm³/mol.